The molecule has 0 saturated carbocycles. The lowest BCUT2D eigenvalue weighted by Crippen LogP contribution is -2.48. The van der Waals surface area contributed by atoms with Gasteiger partial charge < -0.3 is 10.6 Å². The van der Waals surface area contributed by atoms with E-state index in [1.165, 1.54) is 0 Å². The third-order valence-electron chi connectivity index (χ3n) is 3.37. The fourth-order valence-electron chi connectivity index (χ4n) is 2.49. The molecule has 2 unspecified atom stereocenters. The van der Waals surface area contributed by atoms with Crippen molar-refractivity contribution >= 4 is 33.4 Å². The van der Waals surface area contributed by atoms with Crippen LogP contribution in [0.5, 0.6) is 0 Å². The van der Waals surface area contributed by atoms with Crippen molar-refractivity contribution in [3.63, 3.8) is 0 Å². The molecule has 2 atom stereocenters. The van der Waals surface area contributed by atoms with E-state index in [1.54, 1.807) is 0 Å². The number of carbonyl (C=O) groups is 1. The van der Waals surface area contributed by atoms with Gasteiger partial charge in [0, 0.05) is 28.5 Å². The summed E-state index contributed by atoms with van der Waals surface area (Å²) in [6, 6.07) is 5.47. The fourth-order valence-corrected chi connectivity index (χ4v) is 3.15. The minimum atomic E-state index is -0.0932. The fraction of sp³-hybridized carbons (Fsp3) is 0.462. The maximum Gasteiger partial charge on any atom is 0.223 e. The van der Waals surface area contributed by atoms with Crippen LogP contribution in [0.4, 0.5) is 0 Å². The number of nitrogens with two attached hydrogens (primary N) is 1. The molecular weight excluding hydrogens is 316 g/mol. The molecule has 2 rings (SSSR count). The molecule has 5 heteroatoms. The molecule has 0 aromatic heterocycles. The van der Waals surface area contributed by atoms with E-state index in [0.29, 0.717) is 18.0 Å². The average Bonchev–Trinajstić information content (AvgIpc) is 2.35. The van der Waals surface area contributed by atoms with Crippen LogP contribution in [0, 0.1) is 0 Å². The molecule has 1 aromatic carbocycles. The first-order chi connectivity index (χ1) is 8.54. The van der Waals surface area contributed by atoms with Crippen molar-refractivity contribution < 1.29 is 4.79 Å². The minimum Gasteiger partial charge on any atom is -0.334 e. The van der Waals surface area contributed by atoms with E-state index in [2.05, 4.69) is 15.9 Å². The summed E-state index contributed by atoms with van der Waals surface area (Å²) in [5.41, 5.74) is 7.19. The highest BCUT2D eigenvalue weighted by Crippen LogP contribution is 2.36. The van der Waals surface area contributed by atoms with Crippen LogP contribution in [0.1, 0.15) is 31.4 Å². The predicted octanol–water partition coefficient (Wildman–Crippen LogP) is 3.11. The van der Waals surface area contributed by atoms with E-state index in [1.807, 2.05) is 30.0 Å². The minimum absolute atomic E-state index is 0.0441. The smallest absolute Gasteiger partial charge is 0.223 e. The molecule has 0 spiro atoms. The van der Waals surface area contributed by atoms with Crippen molar-refractivity contribution in [1.82, 2.24) is 4.90 Å². The number of carbonyl (C=O) groups excluding carboxylic acids is 1. The number of halogens is 2. The average molecular weight is 332 g/mol. The van der Waals surface area contributed by atoms with Crippen LogP contribution >= 0.6 is 27.5 Å². The normalized spacial score (nSPS) is 24.4. The lowest BCUT2D eigenvalue weighted by Gasteiger charge is -2.39. The largest absolute Gasteiger partial charge is 0.334 e. The van der Waals surface area contributed by atoms with Gasteiger partial charge in [-0.05, 0) is 37.1 Å². The molecule has 98 valence electrons. The van der Waals surface area contributed by atoms with Crippen LogP contribution in [0.3, 0.4) is 0 Å². The van der Waals surface area contributed by atoms with Crippen LogP contribution in [0.2, 0.25) is 5.02 Å². The summed E-state index contributed by atoms with van der Waals surface area (Å²) in [5.74, 6) is 0.163. The zero-order valence-corrected chi connectivity index (χ0v) is 12.5. The molecule has 1 fully saturated rings. The van der Waals surface area contributed by atoms with E-state index >= 15 is 0 Å². The topological polar surface area (TPSA) is 46.3 Å². The van der Waals surface area contributed by atoms with Crippen molar-refractivity contribution in [2.45, 2.75) is 31.8 Å². The molecular formula is C13H16BrClN2O. The first-order valence-corrected chi connectivity index (χ1v) is 7.21. The van der Waals surface area contributed by atoms with Gasteiger partial charge in [-0.15, -0.1) is 0 Å². The second kappa shape index (κ2) is 5.59. The molecule has 3 nitrogen and oxygen atoms in total. The first kappa shape index (κ1) is 13.8. The van der Waals surface area contributed by atoms with Gasteiger partial charge in [0.25, 0.3) is 0 Å². The SMILES string of the molecule is CCN1C(=O)CCC(N)C1c1cc(Cl)ccc1Br. The summed E-state index contributed by atoms with van der Waals surface area (Å²) in [4.78, 5) is 13.8. The van der Waals surface area contributed by atoms with Gasteiger partial charge in [-0.25, -0.2) is 0 Å². The quantitative estimate of drug-likeness (QED) is 0.905. The third kappa shape index (κ3) is 2.56. The Morgan fingerprint density at radius 1 is 1.56 bits per heavy atom. The van der Waals surface area contributed by atoms with Crippen molar-refractivity contribution in [2.24, 2.45) is 5.73 Å². The monoisotopic (exact) mass is 330 g/mol. The second-order valence-electron chi connectivity index (χ2n) is 4.49. The number of benzene rings is 1. The number of hydrogen-bond acceptors (Lipinski definition) is 2. The second-order valence-corrected chi connectivity index (χ2v) is 5.78. The van der Waals surface area contributed by atoms with Gasteiger partial charge in [-0.1, -0.05) is 27.5 Å². The van der Waals surface area contributed by atoms with Crippen molar-refractivity contribution in [3.05, 3.63) is 33.3 Å². The number of hydrogen-bond donors (Lipinski definition) is 1. The van der Waals surface area contributed by atoms with Crippen molar-refractivity contribution in [2.75, 3.05) is 6.54 Å². The molecule has 0 aliphatic carbocycles. The maximum atomic E-state index is 12.0. The van der Waals surface area contributed by atoms with E-state index in [-0.39, 0.29) is 18.0 Å². The van der Waals surface area contributed by atoms with Crippen LogP contribution < -0.4 is 5.73 Å². The molecule has 1 amide bonds. The lowest BCUT2D eigenvalue weighted by molar-refractivity contribution is -0.137. The van der Waals surface area contributed by atoms with E-state index in [9.17, 15) is 4.79 Å². The first-order valence-electron chi connectivity index (χ1n) is 6.04. The number of piperidine rings is 1. The van der Waals surface area contributed by atoms with Crippen LogP contribution in [0.15, 0.2) is 22.7 Å². The number of amides is 1. The zero-order chi connectivity index (χ0) is 13.3. The Balaban J connectivity index is 2.44. The standard InChI is InChI=1S/C13H16BrClN2O/c1-2-17-12(18)6-5-11(16)13(17)9-7-8(15)3-4-10(9)14/h3-4,7,11,13H,2,5-6,16H2,1H3. The highest BCUT2D eigenvalue weighted by molar-refractivity contribution is 9.10. The zero-order valence-electron chi connectivity index (χ0n) is 10.2. The molecule has 0 bridgehead atoms. The number of likely N-dealkylation sites (N-methyl/N-ethyl adjacent to an activating group) is 1. The van der Waals surface area contributed by atoms with Gasteiger partial charge in [-0.3, -0.25) is 4.79 Å². The highest BCUT2D eigenvalue weighted by Gasteiger charge is 2.34. The summed E-state index contributed by atoms with van der Waals surface area (Å²) < 4.78 is 0.945. The Morgan fingerprint density at radius 3 is 2.94 bits per heavy atom. The highest BCUT2D eigenvalue weighted by atomic mass is 79.9. The molecule has 18 heavy (non-hydrogen) atoms. The van der Waals surface area contributed by atoms with Gasteiger partial charge in [-0.2, -0.15) is 0 Å². The molecule has 2 N–H and O–H groups in total. The van der Waals surface area contributed by atoms with Crippen LogP contribution in [-0.2, 0) is 4.79 Å². The summed E-state index contributed by atoms with van der Waals surface area (Å²) in [7, 11) is 0. The Labute approximate surface area is 120 Å². The molecule has 0 radical (unpaired) electrons. The van der Waals surface area contributed by atoms with Crippen LogP contribution in [-0.4, -0.2) is 23.4 Å². The van der Waals surface area contributed by atoms with Gasteiger partial charge in [0.15, 0.2) is 0 Å². The van der Waals surface area contributed by atoms with E-state index in [0.717, 1.165) is 16.5 Å². The summed E-state index contributed by atoms with van der Waals surface area (Å²) in [6.45, 7) is 2.64. The Morgan fingerprint density at radius 2 is 2.28 bits per heavy atom. The molecule has 1 heterocycles. The van der Waals surface area contributed by atoms with Gasteiger partial charge in [0.2, 0.25) is 5.91 Å². The maximum absolute atomic E-state index is 12.0. The number of nitrogens with zero attached hydrogens (tertiary/aromatic N) is 1. The summed E-state index contributed by atoms with van der Waals surface area (Å²) >= 11 is 9.56. The lowest BCUT2D eigenvalue weighted by atomic mass is 9.90. The van der Waals surface area contributed by atoms with E-state index < -0.39 is 0 Å². The Hall–Kier alpha value is -0.580. The summed E-state index contributed by atoms with van der Waals surface area (Å²) in [6.07, 6.45) is 1.25. The Kier molecular flexibility index (Phi) is 4.30. The molecule has 1 aliphatic heterocycles. The molecule has 1 saturated heterocycles. The van der Waals surface area contributed by atoms with Gasteiger partial charge in [0.1, 0.15) is 0 Å². The third-order valence-corrected chi connectivity index (χ3v) is 4.33. The van der Waals surface area contributed by atoms with Gasteiger partial charge >= 0.3 is 0 Å². The van der Waals surface area contributed by atoms with Crippen molar-refractivity contribution in [3.8, 4) is 0 Å². The summed E-state index contributed by atoms with van der Waals surface area (Å²) in [5, 5.41) is 0.662. The van der Waals surface area contributed by atoms with E-state index in [4.69, 9.17) is 17.3 Å². The molecule has 1 aliphatic rings. The molecule has 1 aromatic rings. The predicted molar refractivity (Wildman–Crippen MR) is 76.5 cm³/mol. The number of rotatable bonds is 2. The number of likely N-dealkylation sites (tertiary alicyclic amines) is 1. The van der Waals surface area contributed by atoms with Crippen LogP contribution in [0.25, 0.3) is 0 Å². The van der Waals surface area contributed by atoms with Gasteiger partial charge in [0.05, 0.1) is 6.04 Å². The van der Waals surface area contributed by atoms with Crippen molar-refractivity contribution in [1.29, 1.82) is 0 Å². The Bertz CT molecular complexity index is 466.